The van der Waals surface area contributed by atoms with Crippen molar-refractivity contribution >= 4 is 5.97 Å². The van der Waals surface area contributed by atoms with Crippen LogP contribution >= 0.6 is 0 Å². The van der Waals surface area contributed by atoms with Gasteiger partial charge in [-0.3, -0.25) is 0 Å². The lowest BCUT2D eigenvalue weighted by atomic mass is 10.0. The lowest BCUT2D eigenvalue weighted by Gasteiger charge is -2.00. The highest BCUT2D eigenvalue weighted by molar-refractivity contribution is 5.91. The molecule has 3 heteroatoms. The summed E-state index contributed by atoms with van der Waals surface area (Å²) in [6.45, 7) is 1.82. The van der Waals surface area contributed by atoms with E-state index in [1.54, 1.807) is 18.2 Å². The van der Waals surface area contributed by atoms with Gasteiger partial charge in [0.2, 0.25) is 0 Å². The second kappa shape index (κ2) is 4.83. The molecule has 0 atom stereocenters. The summed E-state index contributed by atoms with van der Waals surface area (Å²) in [5.74, 6) is 4.26. The molecule has 0 amide bonds. The van der Waals surface area contributed by atoms with Gasteiger partial charge in [-0.15, -0.1) is 0 Å². The minimum Gasteiger partial charge on any atom is -0.478 e. The zero-order chi connectivity index (χ0) is 11.3. The summed E-state index contributed by atoms with van der Waals surface area (Å²) in [4.78, 5) is 10.9. The minimum atomic E-state index is -1.00. The van der Waals surface area contributed by atoms with Crippen molar-refractivity contribution in [1.29, 1.82) is 5.26 Å². The van der Waals surface area contributed by atoms with Gasteiger partial charge >= 0.3 is 5.97 Å². The second-order valence-corrected chi connectivity index (χ2v) is 2.99. The number of hydrogen-bond acceptors (Lipinski definition) is 2. The zero-order valence-corrected chi connectivity index (χ0v) is 8.24. The van der Waals surface area contributed by atoms with Crippen molar-refractivity contribution in [3.05, 3.63) is 34.9 Å². The molecular weight excluding hydrogens is 190 g/mol. The summed E-state index contributed by atoms with van der Waals surface area (Å²) in [6, 6.07) is 6.90. The molecule has 0 fully saturated rings. The monoisotopic (exact) mass is 199 g/mol. The molecule has 0 aliphatic heterocycles. The van der Waals surface area contributed by atoms with Crippen LogP contribution in [-0.4, -0.2) is 11.1 Å². The van der Waals surface area contributed by atoms with Crippen molar-refractivity contribution < 1.29 is 9.90 Å². The largest absolute Gasteiger partial charge is 0.478 e. The summed E-state index contributed by atoms with van der Waals surface area (Å²) >= 11 is 0. The standard InChI is InChI=1S/C12H9NO2/c1-9-5-6-10(4-2-3-7-13)11(8-9)12(14)15/h5-6,8H,3H2,1H3,(H,14,15). The van der Waals surface area contributed by atoms with E-state index in [1.165, 1.54) is 0 Å². The van der Waals surface area contributed by atoms with E-state index in [4.69, 9.17) is 10.4 Å². The molecule has 0 saturated heterocycles. The van der Waals surface area contributed by atoms with Gasteiger partial charge in [-0.2, -0.15) is 5.26 Å². The number of nitriles is 1. The quantitative estimate of drug-likeness (QED) is 0.703. The van der Waals surface area contributed by atoms with Crippen LogP contribution in [0.2, 0.25) is 0 Å². The average Bonchev–Trinajstić information content (AvgIpc) is 2.20. The molecule has 1 rings (SSSR count). The van der Waals surface area contributed by atoms with Gasteiger partial charge in [-0.25, -0.2) is 4.79 Å². The Hall–Kier alpha value is -2.26. The van der Waals surface area contributed by atoms with E-state index < -0.39 is 5.97 Å². The van der Waals surface area contributed by atoms with Crippen LogP contribution in [-0.2, 0) is 0 Å². The minimum absolute atomic E-state index is 0.104. The number of benzene rings is 1. The molecule has 0 spiro atoms. The van der Waals surface area contributed by atoms with Gasteiger partial charge in [0.25, 0.3) is 0 Å². The smallest absolute Gasteiger partial charge is 0.336 e. The Morgan fingerprint density at radius 3 is 2.87 bits per heavy atom. The fourth-order valence-electron chi connectivity index (χ4n) is 1.12. The highest BCUT2D eigenvalue weighted by Gasteiger charge is 2.07. The Morgan fingerprint density at radius 1 is 1.53 bits per heavy atom. The van der Waals surface area contributed by atoms with Crippen LogP contribution in [0.4, 0.5) is 0 Å². The van der Waals surface area contributed by atoms with Crippen LogP contribution in [0.15, 0.2) is 18.2 Å². The average molecular weight is 199 g/mol. The molecule has 74 valence electrons. The Bertz CT molecular complexity index is 487. The summed E-state index contributed by atoms with van der Waals surface area (Å²) in [5.41, 5.74) is 1.50. The Balaban J connectivity index is 3.15. The highest BCUT2D eigenvalue weighted by Crippen LogP contribution is 2.10. The predicted octanol–water partition coefficient (Wildman–Crippen LogP) is 1.96. The van der Waals surface area contributed by atoms with E-state index in [9.17, 15) is 4.79 Å². The molecule has 0 heterocycles. The topological polar surface area (TPSA) is 61.1 Å². The Labute approximate surface area is 88.0 Å². The fraction of sp³-hybridized carbons (Fsp3) is 0.167. The van der Waals surface area contributed by atoms with Crippen LogP contribution in [0.5, 0.6) is 0 Å². The third-order valence-electron chi connectivity index (χ3n) is 1.80. The lowest BCUT2D eigenvalue weighted by molar-refractivity contribution is 0.0696. The van der Waals surface area contributed by atoms with Crippen molar-refractivity contribution in [3.63, 3.8) is 0 Å². The van der Waals surface area contributed by atoms with Crippen LogP contribution in [0.3, 0.4) is 0 Å². The molecule has 1 aromatic carbocycles. The molecular formula is C12H9NO2. The Kier molecular flexibility index (Phi) is 3.49. The van der Waals surface area contributed by atoms with Crippen molar-refractivity contribution in [1.82, 2.24) is 0 Å². The van der Waals surface area contributed by atoms with E-state index in [-0.39, 0.29) is 12.0 Å². The maximum Gasteiger partial charge on any atom is 0.336 e. The molecule has 1 aromatic rings. The maximum absolute atomic E-state index is 10.9. The number of nitrogens with zero attached hydrogens (tertiary/aromatic N) is 1. The molecule has 0 radical (unpaired) electrons. The highest BCUT2D eigenvalue weighted by atomic mass is 16.4. The van der Waals surface area contributed by atoms with Gasteiger partial charge in [0.05, 0.1) is 18.1 Å². The van der Waals surface area contributed by atoms with Crippen molar-refractivity contribution in [2.75, 3.05) is 0 Å². The zero-order valence-electron chi connectivity index (χ0n) is 8.24. The van der Waals surface area contributed by atoms with Gasteiger partial charge in [-0.1, -0.05) is 23.5 Å². The van der Waals surface area contributed by atoms with Crippen molar-refractivity contribution in [3.8, 4) is 17.9 Å². The van der Waals surface area contributed by atoms with E-state index in [2.05, 4.69) is 11.8 Å². The number of carboxylic acids is 1. The van der Waals surface area contributed by atoms with Gasteiger partial charge in [-0.05, 0) is 19.1 Å². The van der Waals surface area contributed by atoms with E-state index in [0.29, 0.717) is 5.56 Å². The normalized spacial score (nSPS) is 8.53. The molecule has 15 heavy (non-hydrogen) atoms. The molecule has 3 nitrogen and oxygen atoms in total. The van der Waals surface area contributed by atoms with Crippen LogP contribution < -0.4 is 0 Å². The first-order valence-corrected chi connectivity index (χ1v) is 4.35. The third-order valence-corrected chi connectivity index (χ3v) is 1.80. The summed E-state index contributed by atoms with van der Waals surface area (Å²) in [7, 11) is 0. The Morgan fingerprint density at radius 2 is 2.27 bits per heavy atom. The summed E-state index contributed by atoms with van der Waals surface area (Å²) in [6.07, 6.45) is 0.104. The van der Waals surface area contributed by atoms with Crippen molar-refractivity contribution in [2.45, 2.75) is 13.3 Å². The summed E-state index contributed by atoms with van der Waals surface area (Å²) < 4.78 is 0. The second-order valence-electron chi connectivity index (χ2n) is 2.99. The van der Waals surface area contributed by atoms with Crippen molar-refractivity contribution in [2.24, 2.45) is 0 Å². The molecule has 0 bridgehead atoms. The number of aryl methyl sites for hydroxylation is 1. The predicted molar refractivity (Wildman–Crippen MR) is 55.2 cm³/mol. The first-order valence-electron chi connectivity index (χ1n) is 4.35. The fourth-order valence-corrected chi connectivity index (χ4v) is 1.12. The van der Waals surface area contributed by atoms with Crippen LogP contribution in [0.1, 0.15) is 27.9 Å². The SMILES string of the molecule is Cc1ccc(C#CCC#N)c(C(=O)O)c1. The van der Waals surface area contributed by atoms with E-state index in [1.807, 2.05) is 13.0 Å². The molecule has 0 aliphatic carbocycles. The lowest BCUT2D eigenvalue weighted by Crippen LogP contribution is -2.00. The number of carbonyl (C=O) groups is 1. The van der Waals surface area contributed by atoms with Gasteiger partial charge in [0, 0.05) is 5.56 Å². The van der Waals surface area contributed by atoms with Gasteiger partial charge in [0.1, 0.15) is 0 Å². The first-order chi connectivity index (χ1) is 7.15. The molecule has 0 aliphatic rings. The number of carboxylic acid groups (broad SMARTS) is 1. The summed E-state index contributed by atoms with van der Waals surface area (Å²) in [5, 5.41) is 17.2. The molecule has 0 unspecified atom stereocenters. The molecule has 0 aromatic heterocycles. The van der Waals surface area contributed by atoms with E-state index >= 15 is 0 Å². The van der Waals surface area contributed by atoms with Gasteiger partial charge < -0.3 is 5.11 Å². The van der Waals surface area contributed by atoms with Gasteiger partial charge in [0.15, 0.2) is 0 Å². The number of hydrogen-bond donors (Lipinski definition) is 1. The third kappa shape index (κ3) is 2.86. The molecule has 0 saturated carbocycles. The first kappa shape index (κ1) is 10.8. The number of aromatic carboxylic acids is 1. The maximum atomic E-state index is 10.9. The van der Waals surface area contributed by atoms with Crippen LogP contribution in [0.25, 0.3) is 0 Å². The van der Waals surface area contributed by atoms with E-state index in [0.717, 1.165) is 5.56 Å². The number of rotatable bonds is 1. The van der Waals surface area contributed by atoms with Crippen LogP contribution in [0, 0.1) is 30.1 Å². The molecule has 1 N–H and O–H groups in total.